The lowest BCUT2D eigenvalue weighted by molar-refractivity contribution is 1.43. The predicted molar refractivity (Wildman–Crippen MR) is 185 cm³/mol. The molecular formula is C39H29N3S. The van der Waals surface area contributed by atoms with Gasteiger partial charge in [-0.2, -0.15) is 0 Å². The van der Waals surface area contributed by atoms with E-state index in [0.717, 1.165) is 43.9 Å². The first kappa shape index (κ1) is 27.7. The lowest BCUT2D eigenvalue weighted by Crippen LogP contribution is -2.03. The maximum absolute atomic E-state index is 8.69. The van der Waals surface area contributed by atoms with Gasteiger partial charge in [-0.3, -0.25) is 5.41 Å². The number of amidine groups is 1. The molecule has 0 saturated heterocycles. The Morgan fingerprint density at radius 3 is 2.07 bits per heavy atom. The Morgan fingerprint density at radius 1 is 0.674 bits per heavy atom. The number of rotatable bonds is 8. The number of hydrogen-bond donors (Lipinski definition) is 1. The van der Waals surface area contributed by atoms with Crippen LogP contribution < -0.4 is 0 Å². The molecule has 1 N–H and O–H groups in total. The van der Waals surface area contributed by atoms with Crippen LogP contribution in [0.4, 0.5) is 0 Å². The van der Waals surface area contributed by atoms with E-state index in [9.17, 15) is 0 Å². The van der Waals surface area contributed by atoms with Gasteiger partial charge < -0.3 is 0 Å². The summed E-state index contributed by atoms with van der Waals surface area (Å²) in [6.45, 7) is 4.14. The highest BCUT2D eigenvalue weighted by Gasteiger charge is 2.11. The fourth-order valence-electron chi connectivity index (χ4n) is 4.70. The van der Waals surface area contributed by atoms with Crippen molar-refractivity contribution >= 4 is 45.3 Å². The molecule has 0 atom stereocenters. The summed E-state index contributed by atoms with van der Waals surface area (Å²) in [5, 5.41) is 9.70. The number of allylic oxidation sites excluding steroid dienone is 1. The van der Waals surface area contributed by atoms with Gasteiger partial charge in [-0.15, -0.1) is 11.3 Å². The molecule has 1 aromatic heterocycles. The maximum atomic E-state index is 8.69. The van der Waals surface area contributed by atoms with Crippen molar-refractivity contribution in [2.45, 2.75) is 0 Å². The summed E-state index contributed by atoms with van der Waals surface area (Å²) < 4.78 is 1.17. The van der Waals surface area contributed by atoms with Crippen molar-refractivity contribution in [3.63, 3.8) is 0 Å². The largest absolute Gasteiger partial charge is 0.282 e. The molecule has 0 aliphatic rings. The van der Waals surface area contributed by atoms with Crippen LogP contribution in [0.1, 0.15) is 16.7 Å². The van der Waals surface area contributed by atoms with Crippen molar-refractivity contribution in [2.75, 3.05) is 0 Å². The van der Waals surface area contributed by atoms with Gasteiger partial charge in [0, 0.05) is 22.3 Å². The average molecular weight is 572 g/mol. The van der Waals surface area contributed by atoms with Crippen LogP contribution in [-0.4, -0.2) is 16.5 Å². The highest BCUT2D eigenvalue weighted by molar-refractivity contribution is 7.22. The van der Waals surface area contributed by atoms with Gasteiger partial charge in [-0.25, -0.2) is 9.98 Å². The van der Waals surface area contributed by atoms with E-state index in [1.165, 1.54) is 4.70 Å². The Balaban J connectivity index is 1.24. The zero-order chi connectivity index (χ0) is 29.4. The van der Waals surface area contributed by atoms with E-state index in [1.54, 1.807) is 11.3 Å². The maximum Gasteiger partial charge on any atom is 0.151 e. The number of aliphatic imine (C=N–C) groups is 1. The van der Waals surface area contributed by atoms with E-state index in [1.807, 2.05) is 103 Å². The van der Waals surface area contributed by atoms with Crippen LogP contribution in [0.2, 0.25) is 0 Å². The van der Waals surface area contributed by atoms with Crippen molar-refractivity contribution in [3.05, 3.63) is 174 Å². The van der Waals surface area contributed by atoms with Crippen molar-refractivity contribution in [2.24, 2.45) is 4.99 Å². The average Bonchev–Trinajstić information content (AvgIpc) is 3.52. The molecule has 0 bridgehead atoms. The molecule has 6 aromatic rings. The van der Waals surface area contributed by atoms with Crippen LogP contribution in [0, 0.1) is 5.41 Å². The summed E-state index contributed by atoms with van der Waals surface area (Å²) in [7, 11) is 0. The van der Waals surface area contributed by atoms with Crippen molar-refractivity contribution in [3.8, 4) is 21.7 Å². The molecule has 206 valence electrons. The summed E-state index contributed by atoms with van der Waals surface area (Å²) in [6, 6.07) is 45.0. The Labute approximate surface area is 256 Å². The van der Waals surface area contributed by atoms with Gasteiger partial charge in [-0.1, -0.05) is 146 Å². The summed E-state index contributed by atoms with van der Waals surface area (Å²) in [5.41, 5.74) is 8.67. The molecule has 0 amide bonds. The van der Waals surface area contributed by atoms with Crippen LogP contribution in [-0.2, 0) is 0 Å². The van der Waals surface area contributed by atoms with Gasteiger partial charge in [-0.05, 0) is 34.9 Å². The second kappa shape index (κ2) is 13.0. The number of nitrogens with one attached hydrogen (secondary N) is 1. The number of aromatic nitrogens is 1. The topological polar surface area (TPSA) is 49.1 Å². The van der Waals surface area contributed by atoms with E-state index >= 15 is 0 Å². The fourth-order valence-corrected chi connectivity index (χ4v) is 5.81. The molecule has 3 nitrogen and oxygen atoms in total. The van der Waals surface area contributed by atoms with Crippen molar-refractivity contribution < 1.29 is 0 Å². The normalized spacial score (nSPS) is 11.9. The number of hydrogen-bond acceptors (Lipinski definition) is 3. The third-order valence-electron chi connectivity index (χ3n) is 6.95. The Kier molecular flexibility index (Phi) is 8.39. The van der Waals surface area contributed by atoms with Gasteiger partial charge in [0.25, 0.3) is 0 Å². The SMILES string of the molecule is C=C(/C=C\c1cccc(-c2cccc3nc(-c4ccccc4)sc23)c1)C(=N)N=C(/C=C/c1ccccc1)c1ccccc1. The first-order valence-electron chi connectivity index (χ1n) is 14.0. The zero-order valence-electron chi connectivity index (χ0n) is 23.5. The minimum atomic E-state index is 0.117. The Morgan fingerprint density at radius 2 is 1.30 bits per heavy atom. The Hall–Kier alpha value is -5.45. The van der Waals surface area contributed by atoms with Crippen LogP contribution in [0.3, 0.4) is 0 Å². The minimum absolute atomic E-state index is 0.117. The molecule has 1 heterocycles. The lowest BCUT2D eigenvalue weighted by atomic mass is 10.0. The number of nitrogens with zero attached hydrogens (tertiary/aromatic N) is 2. The lowest BCUT2D eigenvalue weighted by Gasteiger charge is -2.05. The second-order valence-electron chi connectivity index (χ2n) is 9.98. The molecule has 43 heavy (non-hydrogen) atoms. The molecule has 0 radical (unpaired) electrons. The number of benzene rings is 5. The number of thiazole rings is 1. The summed E-state index contributed by atoms with van der Waals surface area (Å²) in [6.07, 6.45) is 7.80. The minimum Gasteiger partial charge on any atom is -0.282 e. The summed E-state index contributed by atoms with van der Waals surface area (Å²) in [5.74, 6) is 0.117. The molecule has 0 saturated carbocycles. The molecule has 0 unspecified atom stereocenters. The highest BCUT2D eigenvalue weighted by Crippen LogP contribution is 2.37. The molecule has 0 aliphatic heterocycles. The first-order valence-corrected chi connectivity index (χ1v) is 14.8. The van der Waals surface area contributed by atoms with Crippen LogP contribution in [0.25, 0.3) is 44.1 Å². The van der Waals surface area contributed by atoms with Gasteiger partial charge in [0.15, 0.2) is 5.84 Å². The third-order valence-corrected chi connectivity index (χ3v) is 8.10. The molecule has 0 aliphatic carbocycles. The molecule has 4 heteroatoms. The Bertz CT molecular complexity index is 1980. The van der Waals surface area contributed by atoms with Crippen LogP contribution in [0.5, 0.6) is 0 Å². The van der Waals surface area contributed by atoms with Gasteiger partial charge >= 0.3 is 0 Å². The number of fused-ring (bicyclic) bond motifs is 1. The van der Waals surface area contributed by atoms with Gasteiger partial charge in [0.05, 0.1) is 15.9 Å². The molecule has 6 rings (SSSR count). The van der Waals surface area contributed by atoms with Gasteiger partial charge in [0.2, 0.25) is 0 Å². The second-order valence-corrected chi connectivity index (χ2v) is 11.0. The van der Waals surface area contributed by atoms with E-state index in [-0.39, 0.29) is 5.84 Å². The zero-order valence-corrected chi connectivity index (χ0v) is 24.3. The van der Waals surface area contributed by atoms with Crippen LogP contribution in [0.15, 0.2) is 163 Å². The predicted octanol–water partition coefficient (Wildman–Crippen LogP) is 10.4. The van der Waals surface area contributed by atoms with Crippen LogP contribution >= 0.6 is 11.3 Å². The summed E-state index contributed by atoms with van der Waals surface area (Å²) in [4.78, 5) is 9.56. The quantitative estimate of drug-likeness (QED) is 0.110. The van der Waals surface area contributed by atoms with E-state index < -0.39 is 0 Å². The molecule has 0 fully saturated rings. The molecular weight excluding hydrogens is 543 g/mol. The third kappa shape index (κ3) is 6.72. The molecule has 0 spiro atoms. The van der Waals surface area contributed by atoms with E-state index in [0.29, 0.717) is 11.3 Å². The van der Waals surface area contributed by atoms with E-state index in [4.69, 9.17) is 10.4 Å². The highest BCUT2D eigenvalue weighted by atomic mass is 32.1. The standard InChI is InChI=1S/C39H29N3S/c1-28(38(40)41-35(31-16-7-3-8-17-31)26-25-29-13-5-2-6-14-29)23-24-30-15-11-20-33(27-30)34-21-12-22-36-37(34)43-39(42-36)32-18-9-4-10-19-32/h2-27,40H,1H2/b24-23-,26-25+,40-38?,41-35?. The van der Waals surface area contributed by atoms with Crippen molar-refractivity contribution in [1.82, 2.24) is 4.98 Å². The first-order chi connectivity index (χ1) is 21.1. The van der Waals surface area contributed by atoms with Gasteiger partial charge in [0.1, 0.15) is 5.01 Å². The molecule has 5 aromatic carbocycles. The summed E-state index contributed by atoms with van der Waals surface area (Å²) >= 11 is 1.71. The van der Waals surface area contributed by atoms with Crippen molar-refractivity contribution in [1.29, 1.82) is 5.41 Å². The van der Waals surface area contributed by atoms with E-state index in [2.05, 4.69) is 66.2 Å². The monoisotopic (exact) mass is 571 g/mol. The smallest absolute Gasteiger partial charge is 0.151 e. The fraction of sp³-hybridized carbons (Fsp3) is 0.